The highest BCUT2D eigenvalue weighted by molar-refractivity contribution is 5.75. The Hall–Kier alpha value is -1.50. The van der Waals surface area contributed by atoms with Gasteiger partial charge in [-0.05, 0) is 36.6 Å². The summed E-state index contributed by atoms with van der Waals surface area (Å²) in [4.78, 5) is 11.4. The zero-order valence-corrected chi connectivity index (χ0v) is 10.9. The first-order chi connectivity index (χ1) is 9.11. The van der Waals surface area contributed by atoms with Crippen LogP contribution in [0.4, 0.5) is 0 Å². The van der Waals surface area contributed by atoms with Gasteiger partial charge in [0, 0.05) is 5.92 Å². The number of carboxylic acids is 1. The smallest absolute Gasteiger partial charge is 0.311 e. The van der Waals surface area contributed by atoms with Gasteiger partial charge in [-0.3, -0.25) is 4.79 Å². The van der Waals surface area contributed by atoms with Crippen LogP contribution in [0.25, 0.3) is 0 Å². The molecule has 19 heavy (non-hydrogen) atoms. The number of nitrogens with zero attached hydrogens (tertiary/aromatic N) is 4. The van der Waals surface area contributed by atoms with Gasteiger partial charge in [0.25, 0.3) is 0 Å². The Labute approximate surface area is 110 Å². The van der Waals surface area contributed by atoms with Gasteiger partial charge >= 0.3 is 5.97 Å². The number of aliphatic carboxylic acids is 1. The van der Waals surface area contributed by atoms with E-state index in [4.69, 9.17) is 4.74 Å². The molecule has 2 unspecified atom stereocenters. The van der Waals surface area contributed by atoms with Crippen molar-refractivity contribution >= 4 is 5.97 Å². The van der Waals surface area contributed by atoms with Gasteiger partial charge in [-0.1, -0.05) is 6.42 Å². The first kappa shape index (κ1) is 12.5. The molecule has 1 aliphatic heterocycles. The van der Waals surface area contributed by atoms with Crippen LogP contribution in [-0.2, 0) is 16.1 Å². The molecule has 1 aromatic rings. The molecule has 2 fully saturated rings. The Morgan fingerprint density at radius 2 is 2.37 bits per heavy atom. The molecule has 7 heteroatoms. The lowest BCUT2D eigenvalue weighted by Crippen LogP contribution is -2.42. The molecule has 2 heterocycles. The molecule has 1 aromatic heterocycles. The van der Waals surface area contributed by atoms with Crippen LogP contribution in [0.3, 0.4) is 0 Å². The highest BCUT2D eigenvalue weighted by Crippen LogP contribution is 2.43. The Morgan fingerprint density at radius 1 is 1.58 bits per heavy atom. The van der Waals surface area contributed by atoms with Crippen molar-refractivity contribution in [3.8, 4) is 0 Å². The summed E-state index contributed by atoms with van der Waals surface area (Å²) in [5.74, 6) is 0.198. The predicted molar refractivity (Wildman–Crippen MR) is 64.5 cm³/mol. The summed E-state index contributed by atoms with van der Waals surface area (Å²) in [6.07, 6.45) is 3.49. The Balaban J connectivity index is 1.79. The standard InChI is InChI=1S/C12H18N4O3/c1-8-5-9(6-19-8)10-13-14-15-16(10)7-12(11(17)18)3-2-4-12/h8-9H,2-7H2,1H3,(H,17,18). The van der Waals surface area contributed by atoms with Crippen LogP contribution < -0.4 is 0 Å². The minimum absolute atomic E-state index is 0.177. The number of tetrazole rings is 1. The maximum Gasteiger partial charge on any atom is 0.311 e. The summed E-state index contributed by atoms with van der Waals surface area (Å²) in [5.41, 5.74) is -0.671. The van der Waals surface area contributed by atoms with Crippen molar-refractivity contribution in [2.24, 2.45) is 5.41 Å². The Bertz CT molecular complexity index is 483. The predicted octanol–water partition coefficient (Wildman–Crippen LogP) is 0.820. The zero-order valence-electron chi connectivity index (χ0n) is 10.9. The normalized spacial score (nSPS) is 29.1. The number of ether oxygens (including phenoxy) is 1. The van der Waals surface area contributed by atoms with Crippen LogP contribution in [0, 0.1) is 5.41 Å². The van der Waals surface area contributed by atoms with Gasteiger partial charge < -0.3 is 9.84 Å². The van der Waals surface area contributed by atoms with Gasteiger partial charge in [-0.25, -0.2) is 4.68 Å². The molecule has 0 bridgehead atoms. The number of carbonyl (C=O) groups is 1. The van der Waals surface area contributed by atoms with Gasteiger partial charge in [0.05, 0.1) is 24.7 Å². The number of hydrogen-bond acceptors (Lipinski definition) is 5. The second kappa shape index (κ2) is 4.56. The summed E-state index contributed by atoms with van der Waals surface area (Å²) in [7, 11) is 0. The van der Waals surface area contributed by atoms with E-state index in [1.54, 1.807) is 4.68 Å². The van der Waals surface area contributed by atoms with Crippen LogP contribution in [-0.4, -0.2) is 44.0 Å². The summed E-state index contributed by atoms with van der Waals surface area (Å²) >= 11 is 0. The third-order valence-electron chi connectivity index (χ3n) is 4.34. The number of aromatic nitrogens is 4. The van der Waals surface area contributed by atoms with Gasteiger partial charge in [-0.2, -0.15) is 0 Å². The molecule has 0 aromatic carbocycles. The SMILES string of the molecule is CC1CC(c2nnnn2CC2(C(=O)O)CCC2)CO1. The molecular weight excluding hydrogens is 248 g/mol. The second-order valence-electron chi connectivity index (χ2n) is 5.71. The minimum Gasteiger partial charge on any atom is -0.481 e. The zero-order chi connectivity index (χ0) is 13.5. The summed E-state index contributed by atoms with van der Waals surface area (Å²) in [6, 6.07) is 0. The molecule has 1 saturated carbocycles. The van der Waals surface area contributed by atoms with E-state index in [-0.39, 0.29) is 12.0 Å². The average molecular weight is 266 g/mol. The topological polar surface area (TPSA) is 90.1 Å². The highest BCUT2D eigenvalue weighted by atomic mass is 16.5. The molecule has 3 rings (SSSR count). The van der Waals surface area contributed by atoms with Crippen LogP contribution >= 0.6 is 0 Å². The van der Waals surface area contributed by atoms with Crippen LogP contribution in [0.5, 0.6) is 0 Å². The van der Waals surface area contributed by atoms with E-state index in [1.807, 2.05) is 6.92 Å². The molecule has 2 aliphatic rings. The molecule has 1 aliphatic carbocycles. The highest BCUT2D eigenvalue weighted by Gasteiger charge is 2.46. The van der Waals surface area contributed by atoms with Gasteiger partial charge in [0.1, 0.15) is 0 Å². The average Bonchev–Trinajstić information content (AvgIpc) is 2.91. The van der Waals surface area contributed by atoms with Crippen molar-refractivity contribution in [2.75, 3.05) is 6.61 Å². The van der Waals surface area contributed by atoms with E-state index in [0.717, 1.165) is 18.7 Å². The van der Waals surface area contributed by atoms with Crippen LogP contribution in [0.15, 0.2) is 0 Å². The second-order valence-corrected chi connectivity index (χ2v) is 5.71. The molecule has 1 N–H and O–H groups in total. The summed E-state index contributed by atoms with van der Waals surface area (Å²) in [6.45, 7) is 3.01. The fourth-order valence-corrected chi connectivity index (χ4v) is 2.94. The lowest BCUT2D eigenvalue weighted by molar-refractivity contribution is -0.156. The third-order valence-corrected chi connectivity index (χ3v) is 4.34. The maximum absolute atomic E-state index is 11.4. The fourth-order valence-electron chi connectivity index (χ4n) is 2.94. The van der Waals surface area contributed by atoms with Crippen molar-refractivity contribution in [3.63, 3.8) is 0 Å². The first-order valence-corrected chi connectivity index (χ1v) is 6.72. The maximum atomic E-state index is 11.4. The third kappa shape index (κ3) is 2.11. The molecule has 104 valence electrons. The monoisotopic (exact) mass is 266 g/mol. The molecule has 0 spiro atoms. The van der Waals surface area contributed by atoms with E-state index in [9.17, 15) is 9.90 Å². The van der Waals surface area contributed by atoms with Crippen molar-refractivity contribution in [1.82, 2.24) is 20.2 Å². The van der Waals surface area contributed by atoms with Gasteiger partial charge in [0.15, 0.2) is 5.82 Å². The van der Waals surface area contributed by atoms with Crippen LogP contribution in [0.1, 0.15) is 44.3 Å². The van der Waals surface area contributed by atoms with Crippen molar-refractivity contribution in [2.45, 2.75) is 51.2 Å². The van der Waals surface area contributed by atoms with Crippen molar-refractivity contribution < 1.29 is 14.6 Å². The van der Waals surface area contributed by atoms with E-state index in [0.29, 0.717) is 26.0 Å². The minimum atomic E-state index is -0.740. The molecule has 2 atom stereocenters. The van der Waals surface area contributed by atoms with Gasteiger partial charge in [0.2, 0.25) is 0 Å². The Kier molecular flexibility index (Phi) is 3.00. The fraction of sp³-hybridized carbons (Fsp3) is 0.833. The quantitative estimate of drug-likeness (QED) is 0.867. The molecule has 7 nitrogen and oxygen atoms in total. The largest absolute Gasteiger partial charge is 0.481 e. The number of rotatable bonds is 4. The first-order valence-electron chi connectivity index (χ1n) is 6.72. The molecule has 1 saturated heterocycles. The lowest BCUT2D eigenvalue weighted by atomic mass is 9.69. The van der Waals surface area contributed by atoms with E-state index in [2.05, 4.69) is 15.5 Å². The summed E-state index contributed by atoms with van der Waals surface area (Å²) in [5, 5.41) is 21.1. The molecule has 0 radical (unpaired) electrons. The van der Waals surface area contributed by atoms with Crippen molar-refractivity contribution in [1.29, 1.82) is 0 Å². The molecule has 0 amide bonds. The van der Waals surface area contributed by atoms with E-state index in [1.165, 1.54) is 0 Å². The summed E-state index contributed by atoms with van der Waals surface area (Å²) < 4.78 is 7.20. The van der Waals surface area contributed by atoms with Crippen molar-refractivity contribution in [3.05, 3.63) is 5.82 Å². The van der Waals surface area contributed by atoms with E-state index < -0.39 is 11.4 Å². The van der Waals surface area contributed by atoms with E-state index >= 15 is 0 Å². The Morgan fingerprint density at radius 3 is 2.89 bits per heavy atom. The number of carboxylic acid groups (broad SMARTS) is 1. The number of hydrogen-bond donors (Lipinski definition) is 1. The molecular formula is C12H18N4O3. The van der Waals surface area contributed by atoms with Gasteiger partial charge in [-0.15, -0.1) is 5.10 Å². The lowest BCUT2D eigenvalue weighted by Gasteiger charge is -2.37. The van der Waals surface area contributed by atoms with Crippen LogP contribution in [0.2, 0.25) is 0 Å².